The van der Waals surface area contributed by atoms with Gasteiger partial charge in [-0.05, 0) is 30.6 Å². The molecule has 5 atom stereocenters. The van der Waals surface area contributed by atoms with E-state index in [9.17, 15) is 19.1 Å². The van der Waals surface area contributed by atoms with Gasteiger partial charge in [-0.1, -0.05) is 27.2 Å². The number of nitrogens with zero attached hydrogens (tertiary/aromatic N) is 2. The van der Waals surface area contributed by atoms with E-state index in [1.807, 2.05) is 0 Å². The minimum Gasteiger partial charge on any atom is -0.478 e. The molecule has 2 aliphatic rings. The summed E-state index contributed by atoms with van der Waals surface area (Å²) in [6.07, 6.45) is 2.81. The van der Waals surface area contributed by atoms with Gasteiger partial charge in [0.2, 0.25) is 4.93 Å². The van der Waals surface area contributed by atoms with Crippen LogP contribution in [0.1, 0.15) is 46.3 Å². The van der Waals surface area contributed by atoms with Crippen molar-refractivity contribution in [2.75, 3.05) is 11.5 Å². The number of halogens is 1. The summed E-state index contributed by atoms with van der Waals surface area (Å²) in [6.45, 7) is 6.33. The summed E-state index contributed by atoms with van der Waals surface area (Å²) in [5.41, 5.74) is 4.58. The maximum absolute atomic E-state index is 13.8. The van der Waals surface area contributed by atoms with Gasteiger partial charge in [0.15, 0.2) is 11.6 Å². The summed E-state index contributed by atoms with van der Waals surface area (Å²) in [7, 11) is 0. The zero-order chi connectivity index (χ0) is 19.9. The van der Waals surface area contributed by atoms with E-state index >= 15 is 0 Å². The van der Waals surface area contributed by atoms with E-state index in [-0.39, 0.29) is 17.6 Å². The molecule has 0 amide bonds. The van der Waals surface area contributed by atoms with Gasteiger partial charge in [0.05, 0.1) is 6.20 Å². The van der Waals surface area contributed by atoms with E-state index in [1.165, 1.54) is 11.8 Å². The van der Waals surface area contributed by atoms with Gasteiger partial charge in [-0.15, -0.1) is 11.8 Å². The summed E-state index contributed by atoms with van der Waals surface area (Å²) >= 11 is 1.19. The van der Waals surface area contributed by atoms with Gasteiger partial charge >= 0.3 is 11.7 Å². The van der Waals surface area contributed by atoms with Crippen LogP contribution in [0.25, 0.3) is 0 Å². The summed E-state index contributed by atoms with van der Waals surface area (Å²) in [5.74, 6) is -1.38. The number of anilines is 1. The first-order valence-corrected chi connectivity index (χ1v) is 10.2. The number of ether oxygens (including phenoxy) is 1. The van der Waals surface area contributed by atoms with Crippen LogP contribution in [-0.4, -0.2) is 31.3 Å². The number of rotatable bonds is 4. The molecule has 1 saturated carbocycles. The third-order valence-electron chi connectivity index (χ3n) is 5.80. The largest absolute Gasteiger partial charge is 0.478 e. The highest BCUT2D eigenvalue weighted by molar-refractivity contribution is 8.01. The first-order chi connectivity index (χ1) is 12.7. The molecule has 27 heavy (non-hydrogen) atoms. The molecule has 1 saturated heterocycles. The fourth-order valence-electron chi connectivity index (χ4n) is 4.37. The Morgan fingerprint density at radius 3 is 2.85 bits per heavy atom. The van der Waals surface area contributed by atoms with Crippen LogP contribution < -0.4 is 11.4 Å². The van der Waals surface area contributed by atoms with Crippen molar-refractivity contribution < 1.29 is 19.0 Å². The molecular formula is C18H26FN3O4S. The summed E-state index contributed by atoms with van der Waals surface area (Å²) in [5, 5.41) is 10.1. The Hall–Kier alpha value is -1.61. The topological polar surface area (TPSA) is 107 Å². The number of thioether (sulfide) groups is 1. The van der Waals surface area contributed by atoms with Crippen LogP contribution in [0.15, 0.2) is 11.0 Å². The van der Waals surface area contributed by atoms with Crippen LogP contribution in [0.4, 0.5) is 10.2 Å². The van der Waals surface area contributed by atoms with Gasteiger partial charge in [0.25, 0.3) is 0 Å². The second kappa shape index (κ2) is 7.43. The van der Waals surface area contributed by atoms with Gasteiger partial charge in [-0.2, -0.15) is 4.98 Å². The fraction of sp³-hybridized carbons (Fsp3) is 0.722. The first-order valence-electron chi connectivity index (χ1n) is 9.25. The predicted molar refractivity (Wildman–Crippen MR) is 101 cm³/mol. The molecular weight excluding hydrogens is 373 g/mol. The number of carboxylic acid groups (broad SMARTS) is 1. The van der Waals surface area contributed by atoms with Gasteiger partial charge in [0.1, 0.15) is 6.23 Å². The molecule has 0 aromatic carbocycles. The molecule has 9 heteroatoms. The first kappa shape index (κ1) is 20.1. The third-order valence-corrected chi connectivity index (χ3v) is 7.26. The van der Waals surface area contributed by atoms with Crippen LogP contribution in [0, 0.1) is 29.5 Å². The third kappa shape index (κ3) is 3.59. The lowest BCUT2D eigenvalue weighted by Gasteiger charge is -2.44. The Morgan fingerprint density at radius 1 is 1.52 bits per heavy atom. The zero-order valence-electron chi connectivity index (χ0n) is 15.7. The average Bonchev–Trinajstić information content (AvgIpc) is 3.04. The van der Waals surface area contributed by atoms with E-state index in [0.717, 1.165) is 30.0 Å². The Morgan fingerprint density at radius 2 is 2.22 bits per heavy atom. The van der Waals surface area contributed by atoms with Gasteiger partial charge < -0.3 is 15.6 Å². The molecule has 0 bridgehead atoms. The molecule has 1 aliphatic heterocycles. The van der Waals surface area contributed by atoms with Crippen molar-refractivity contribution in [1.29, 1.82) is 0 Å². The van der Waals surface area contributed by atoms with Crippen molar-refractivity contribution in [3.05, 3.63) is 22.5 Å². The molecule has 1 aromatic rings. The molecule has 0 radical (unpaired) electrons. The van der Waals surface area contributed by atoms with Crippen molar-refractivity contribution in [3.63, 3.8) is 0 Å². The van der Waals surface area contributed by atoms with Crippen LogP contribution in [0.5, 0.6) is 0 Å². The van der Waals surface area contributed by atoms with Crippen molar-refractivity contribution in [2.45, 2.75) is 51.2 Å². The van der Waals surface area contributed by atoms with Crippen molar-refractivity contribution in [3.8, 4) is 0 Å². The number of aliphatic carboxylic acids is 1. The number of nitrogens with two attached hydrogens (primary N) is 1. The Bertz CT molecular complexity index is 786. The molecule has 2 unspecified atom stereocenters. The van der Waals surface area contributed by atoms with Crippen molar-refractivity contribution in [2.24, 2.45) is 23.7 Å². The Kier molecular flexibility index (Phi) is 5.54. The van der Waals surface area contributed by atoms with E-state index in [1.54, 1.807) is 0 Å². The highest BCUT2D eigenvalue weighted by atomic mass is 32.2. The second-order valence-electron chi connectivity index (χ2n) is 7.95. The molecule has 3 rings (SSSR count). The molecule has 7 nitrogen and oxygen atoms in total. The normalized spacial score (nSPS) is 34.1. The lowest BCUT2D eigenvalue weighted by molar-refractivity contribution is -0.173. The quantitative estimate of drug-likeness (QED) is 0.801. The molecule has 1 aliphatic carbocycles. The van der Waals surface area contributed by atoms with E-state index in [4.69, 9.17) is 10.5 Å². The molecule has 1 aromatic heterocycles. The minimum absolute atomic E-state index is 0.184. The van der Waals surface area contributed by atoms with Crippen LogP contribution in [0.2, 0.25) is 0 Å². The summed E-state index contributed by atoms with van der Waals surface area (Å²) < 4.78 is 20.8. The Labute approximate surface area is 161 Å². The van der Waals surface area contributed by atoms with Crippen LogP contribution in [0.3, 0.4) is 0 Å². The predicted octanol–water partition coefficient (Wildman–Crippen LogP) is 2.72. The van der Waals surface area contributed by atoms with Gasteiger partial charge in [0, 0.05) is 11.7 Å². The number of nitrogen functional groups attached to an aromatic ring is 1. The molecule has 2 heterocycles. The van der Waals surface area contributed by atoms with Crippen molar-refractivity contribution in [1.82, 2.24) is 9.55 Å². The van der Waals surface area contributed by atoms with E-state index in [0.29, 0.717) is 11.8 Å². The molecule has 0 spiro atoms. The highest BCUT2D eigenvalue weighted by Crippen LogP contribution is 2.54. The fourth-order valence-corrected chi connectivity index (χ4v) is 5.78. The minimum atomic E-state index is -1.45. The number of hydrogen-bond acceptors (Lipinski definition) is 6. The standard InChI is InChI=1S/C18H26FN3O4S/c1-9(2)11-5-4-10(3)6-12(11)18(16(23)24)26-14(8-27-18)22-7-13(19)15(20)21-17(22)25/h7,9-12,14H,4-6,8H2,1-3H3,(H,23,24)(H2,20,21,25)/t10-,11?,12?,14+,18+/m1/s1. The van der Waals surface area contributed by atoms with Gasteiger partial charge in [-0.3, -0.25) is 4.57 Å². The Balaban J connectivity index is 1.96. The zero-order valence-corrected chi connectivity index (χ0v) is 16.5. The number of carbonyl (C=O) groups is 1. The van der Waals surface area contributed by atoms with E-state index in [2.05, 4.69) is 25.8 Å². The SMILES string of the molecule is CC(C)C1CC[C@@H](C)CC1[C@]1(C(=O)O)O[C@H](n2cc(F)c(N)nc2=O)CS1. The van der Waals surface area contributed by atoms with Crippen LogP contribution in [-0.2, 0) is 9.53 Å². The highest BCUT2D eigenvalue weighted by Gasteiger charge is 2.57. The maximum atomic E-state index is 13.8. The van der Waals surface area contributed by atoms with Gasteiger partial charge in [-0.25, -0.2) is 14.0 Å². The maximum Gasteiger partial charge on any atom is 0.351 e. The average molecular weight is 399 g/mol. The lowest BCUT2D eigenvalue weighted by Crippen LogP contribution is -2.50. The lowest BCUT2D eigenvalue weighted by atomic mass is 9.67. The number of aromatic nitrogens is 2. The molecule has 150 valence electrons. The number of hydrogen-bond donors (Lipinski definition) is 2. The molecule has 3 N–H and O–H groups in total. The number of carboxylic acids is 1. The summed E-state index contributed by atoms with van der Waals surface area (Å²) in [6, 6.07) is 0. The monoisotopic (exact) mass is 399 g/mol. The van der Waals surface area contributed by atoms with E-state index < -0.39 is 34.5 Å². The summed E-state index contributed by atoms with van der Waals surface area (Å²) in [4.78, 5) is 26.5. The second-order valence-corrected chi connectivity index (χ2v) is 9.18. The smallest absolute Gasteiger partial charge is 0.351 e. The molecule has 2 fully saturated rings. The van der Waals surface area contributed by atoms with Crippen molar-refractivity contribution >= 4 is 23.5 Å². The van der Waals surface area contributed by atoms with Crippen LogP contribution >= 0.6 is 11.8 Å².